The van der Waals surface area contributed by atoms with Crippen molar-refractivity contribution in [1.82, 2.24) is 9.55 Å². The van der Waals surface area contributed by atoms with E-state index in [0.717, 1.165) is 150 Å². The number of benzene rings is 14. The van der Waals surface area contributed by atoms with Crippen LogP contribution in [0.5, 0.6) is 0 Å². The van der Waals surface area contributed by atoms with Crippen LogP contribution in [0, 0.1) is 22.7 Å². The normalized spacial score (nSPS) is 11.1. The molecule has 0 unspecified atom stereocenters. The highest BCUT2D eigenvalue weighted by molar-refractivity contribution is 6.15. The van der Waals surface area contributed by atoms with Crippen molar-refractivity contribution in [2.45, 2.75) is 0 Å². The van der Waals surface area contributed by atoms with E-state index in [1.807, 2.05) is 24.3 Å². The molecule has 0 amide bonds. The third kappa shape index (κ3) is 10.4. The molecule has 0 radical (unpaired) electrons. The van der Waals surface area contributed by atoms with E-state index >= 15 is 0 Å². The Balaban J connectivity index is 1.17. The summed E-state index contributed by atoms with van der Waals surface area (Å²) < 4.78 is 2.36. The molecule has 2 heterocycles. The highest BCUT2D eigenvalue weighted by atomic mass is 15.1. The van der Waals surface area contributed by atoms with Gasteiger partial charge in [-0.3, -0.25) is 4.57 Å². The number of hydrogen-bond acceptors (Lipinski definition) is 3. The first kappa shape index (κ1) is 57.2. The molecule has 0 saturated carbocycles. The minimum atomic E-state index is 0.552. The van der Waals surface area contributed by atoms with Gasteiger partial charge in [-0.2, -0.15) is 10.5 Å². The van der Waals surface area contributed by atoms with Gasteiger partial charge in [0.2, 0.25) is 0 Å². The predicted octanol–water partition coefficient (Wildman–Crippen LogP) is 23.9. The van der Waals surface area contributed by atoms with Crippen molar-refractivity contribution in [3.63, 3.8) is 0 Å². The molecule has 0 aliphatic carbocycles. The van der Waals surface area contributed by atoms with Gasteiger partial charge in [0.25, 0.3) is 0 Å². The lowest BCUT2D eigenvalue weighted by molar-refractivity contribution is 1.08. The van der Waals surface area contributed by atoms with Gasteiger partial charge in [0.1, 0.15) is 18.0 Å². The monoisotopic (exact) mass is 1210 g/mol. The van der Waals surface area contributed by atoms with Crippen molar-refractivity contribution in [3.8, 4) is 152 Å². The third-order valence-electron chi connectivity index (χ3n) is 18.3. The zero-order chi connectivity index (χ0) is 63.6. The molecule has 14 aromatic carbocycles. The van der Waals surface area contributed by atoms with Crippen LogP contribution < -0.4 is 0 Å². The molecule has 0 aliphatic rings. The average Bonchev–Trinajstić information content (AvgIpc) is 1.30. The van der Waals surface area contributed by atoms with E-state index in [0.29, 0.717) is 22.6 Å². The van der Waals surface area contributed by atoms with Gasteiger partial charge in [-0.25, -0.2) is 4.98 Å². The van der Waals surface area contributed by atoms with Crippen molar-refractivity contribution < 1.29 is 0 Å². The fraction of sp³-hybridized carbons (Fsp3) is 0. The summed E-state index contributed by atoms with van der Waals surface area (Å²) in [6.45, 7) is 0. The molecule has 442 valence electrons. The summed E-state index contributed by atoms with van der Waals surface area (Å²) in [4.78, 5) is 6.26. The van der Waals surface area contributed by atoms with E-state index in [1.54, 1.807) is 0 Å². The number of fused-ring (bicyclic) bond motifs is 3. The minimum absolute atomic E-state index is 0.552. The van der Waals surface area contributed by atoms with Crippen LogP contribution in [-0.4, -0.2) is 9.55 Å². The number of nitrogens with zero attached hydrogens (tertiary/aromatic N) is 4. The molecule has 16 aromatic rings. The topological polar surface area (TPSA) is 65.4 Å². The Hall–Kier alpha value is -13.0. The second kappa shape index (κ2) is 25.0. The van der Waals surface area contributed by atoms with Crippen LogP contribution in [0.4, 0.5) is 0 Å². The van der Waals surface area contributed by atoms with E-state index in [2.05, 4.69) is 344 Å². The number of rotatable bonds is 13. The molecule has 16 rings (SSSR count). The summed E-state index contributed by atoms with van der Waals surface area (Å²) in [6.07, 6.45) is 0. The lowest BCUT2D eigenvalue weighted by atomic mass is 9.75. The van der Waals surface area contributed by atoms with Gasteiger partial charge in [0.15, 0.2) is 0 Å². The summed E-state index contributed by atoms with van der Waals surface area (Å²) >= 11 is 0. The van der Waals surface area contributed by atoms with Gasteiger partial charge in [-0.05, 0) is 125 Å². The zero-order valence-corrected chi connectivity index (χ0v) is 51.8. The molecule has 0 saturated heterocycles. The Labute approximate surface area is 553 Å². The molecular weight excluding hydrogens is 1150 g/mol. The van der Waals surface area contributed by atoms with Gasteiger partial charge in [-0.1, -0.05) is 315 Å². The first-order valence-electron chi connectivity index (χ1n) is 32.1. The number of hydrogen-bond donors (Lipinski definition) is 0. The van der Waals surface area contributed by atoms with Crippen LogP contribution in [0.15, 0.2) is 352 Å². The van der Waals surface area contributed by atoms with Gasteiger partial charge in [-0.15, -0.1) is 0 Å². The summed E-state index contributed by atoms with van der Waals surface area (Å²) in [5, 5.41) is 26.4. The molecule has 0 fully saturated rings. The molecule has 95 heavy (non-hydrogen) atoms. The van der Waals surface area contributed by atoms with Gasteiger partial charge < -0.3 is 0 Å². The Morgan fingerprint density at radius 2 is 0.453 bits per heavy atom. The van der Waals surface area contributed by atoms with E-state index in [9.17, 15) is 10.5 Å². The maximum absolute atomic E-state index is 12.1. The number of pyridine rings is 1. The number of aromatic nitrogens is 2. The molecule has 4 heteroatoms. The zero-order valence-electron chi connectivity index (χ0n) is 51.8. The van der Waals surface area contributed by atoms with E-state index in [1.165, 1.54) is 0 Å². The Morgan fingerprint density at radius 3 is 0.726 bits per heavy atom. The third-order valence-corrected chi connectivity index (χ3v) is 18.3. The van der Waals surface area contributed by atoms with Gasteiger partial charge >= 0.3 is 0 Å². The highest BCUT2D eigenvalue weighted by Gasteiger charge is 2.33. The van der Waals surface area contributed by atoms with Gasteiger partial charge in [0.05, 0.1) is 27.9 Å². The lowest BCUT2D eigenvalue weighted by Crippen LogP contribution is -2.06. The quantitative estimate of drug-likeness (QED) is 0.116. The van der Waals surface area contributed by atoms with Crippen molar-refractivity contribution >= 4 is 21.8 Å². The first-order chi connectivity index (χ1) is 47.1. The van der Waals surface area contributed by atoms with Crippen LogP contribution in [0.2, 0.25) is 0 Å². The maximum Gasteiger partial charge on any atom is 0.138 e. The van der Waals surface area contributed by atoms with Crippen LogP contribution >= 0.6 is 0 Å². The lowest BCUT2D eigenvalue weighted by Gasteiger charge is -2.28. The van der Waals surface area contributed by atoms with E-state index in [-0.39, 0.29) is 0 Å². The van der Waals surface area contributed by atoms with Crippen LogP contribution in [0.3, 0.4) is 0 Å². The number of nitriles is 2. The largest absolute Gasteiger partial charge is 0.294 e. The summed E-state index contributed by atoms with van der Waals surface area (Å²) in [5.74, 6) is 0.673. The molecule has 0 spiro atoms. The fourth-order valence-corrected chi connectivity index (χ4v) is 14.2. The second-order valence-electron chi connectivity index (χ2n) is 23.8. The highest BCUT2D eigenvalue weighted by Crippen LogP contribution is 2.56. The van der Waals surface area contributed by atoms with Crippen LogP contribution in [0.1, 0.15) is 11.1 Å². The van der Waals surface area contributed by atoms with E-state index < -0.39 is 0 Å². The van der Waals surface area contributed by atoms with Crippen LogP contribution in [-0.2, 0) is 0 Å². The average molecular weight is 1210 g/mol. The van der Waals surface area contributed by atoms with Gasteiger partial charge in [0, 0.05) is 49.7 Å². The fourth-order valence-electron chi connectivity index (χ4n) is 14.2. The maximum atomic E-state index is 12.1. The molecular formula is C91H58N4. The van der Waals surface area contributed by atoms with Crippen molar-refractivity contribution in [3.05, 3.63) is 363 Å². The summed E-state index contributed by atoms with van der Waals surface area (Å²) in [7, 11) is 0. The predicted molar refractivity (Wildman–Crippen MR) is 393 cm³/mol. The summed E-state index contributed by atoms with van der Waals surface area (Å²) in [5.41, 5.74) is 24.9. The Bertz CT molecular complexity index is 5030. The molecule has 4 nitrogen and oxygen atoms in total. The SMILES string of the molecule is N#Cc1c(-c2ccccc2)c(-c2ccccc2)c(-c2cc(-c3c(-c4ccccc4)c(-c4ccccc4)c(C#N)c(-c4ccccc4)c3-c3ccccc3)nc(-n3c4ccc(-c5ccccc5)cc4c4cc(-c5ccccc5)ccc43)c2)c(-c2ccccc2)c1-c1ccccc1. The van der Waals surface area contributed by atoms with Crippen molar-refractivity contribution in [1.29, 1.82) is 10.5 Å². The Kier molecular flexibility index (Phi) is 15.1. The molecule has 2 aromatic heterocycles. The Morgan fingerprint density at radius 1 is 0.211 bits per heavy atom. The second-order valence-corrected chi connectivity index (χ2v) is 23.8. The standard InChI is InChI=1S/C91H58N4/c92-59-76-82(63-35-15-3-16-36-63)86(67-43-23-7-24-44-67)90(87(68-45-25-8-26-46-68)83(76)64-37-17-4-18-38-64)73-57-78(94-81(58-73)95-79-53-51-71(61-31-11-1-12-32-61)55-74(79)75-56-72(52-54-80(75)95)62-33-13-2-14-34-62)91-88(69-47-27-9-28-48-69)84(65-39-19-5-20-40-65)77(60-93)85(66-41-21-6-22-42-66)89(91)70-49-29-10-30-50-70/h1-58H. The molecule has 0 atom stereocenters. The molecule has 0 N–H and O–H groups in total. The van der Waals surface area contributed by atoms with Crippen molar-refractivity contribution in [2.24, 2.45) is 0 Å². The summed E-state index contributed by atoms with van der Waals surface area (Å²) in [6, 6.07) is 129. The minimum Gasteiger partial charge on any atom is -0.294 e. The smallest absolute Gasteiger partial charge is 0.138 e. The van der Waals surface area contributed by atoms with Crippen molar-refractivity contribution in [2.75, 3.05) is 0 Å². The first-order valence-corrected chi connectivity index (χ1v) is 32.1. The molecule has 0 aliphatic heterocycles. The molecule has 0 bridgehead atoms. The van der Waals surface area contributed by atoms with E-state index in [4.69, 9.17) is 4.98 Å². The van der Waals surface area contributed by atoms with Crippen LogP contribution in [0.25, 0.3) is 161 Å².